The van der Waals surface area contributed by atoms with Crippen molar-refractivity contribution in [2.45, 2.75) is 20.3 Å². The predicted octanol–water partition coefficient (Wildman–Crippen LogP) is 4.04. The van der Waals surface area contributed by atoms with Crippen molar-refractivity contribution in [2.24, 2.45) is 0 Å². The molecule has 0 fully saturated rings. The van der Waals surface area contributed by atoms with E-state index in [4.69, 9.17) is 16.0 Å². The fourth-order valence-corrected chi connectivity index (χ4v) is 2.01. The van der Waals surface area contributed by atoms with Crippen LogP contribution in [-0.2, 0) is 11.2 Å². The van der Waals surface area contributed by atoms with E-state index >= 15 is 0 Å². The van der Waals surface area contributed by atoms with Crippen molar-refractivity contribution < 1.29 is 9.21 Å². The van der Waals surface area contributed by atoms with Crippen LogP contribution in [0, 0.1) is 6.92 Å². The molecule has 1 aromatic carbocycles. The van der Waals surface area contributed by atoms with Gasteiger partial charge in [-0.25, -0.2) is 0 Å². The maximum absolute atomic E-state index is 11.0. The molecule has 0 bridgehead atoms. The van der Waals surface area contributed by atoms with E-state index in [9.17, 15) is 4.79 Å². The molecule has 0 atom stereocenters. The van der Waals surface area contributed by atoms with Crippen LogP contribution in [0.3, 0.4) is 0 Å². The van der Waals surface area contributed by atoms with E-state index in [1.54, 1.807) is 6.92 Å². The summed E-state index contributed by atoms with van der Waals surface area (Å²) in [6.45, 7) is 3.53. The van der Waals surface area contributed by atoms with Crippen molar-refractivity contribution in [1.82, 2.24) is 0 Å². The van der Waals surface area contributed by atoms with Gasteiger partial charge in [-0.05, 0) is 43.7 Å². The molecule has 0 spiro atoms. The SMILES string of the molecule is CC(=O)Cc1ccc(-c2ccc(C)cc2Cl)o1. The molecule has 1 heterocycles. The lowest BCUT2D eigenvalue weighted by Gasteiger charge is -2.01. The van der Waals surface area contributed by atoms with Gasteiger partial charge in [0.05, 0.1) is 11.4 Å². The second-order valence-electron chi connectivity index (χ2n) is 4.13. The number of aryl methyl sites for hydroxylation is 1. The molecule has 17 heavy (non-hydrogen) atoms. The summed E-state index contributed by atoms with van der Waals surface area (Å²) in [7, 11) is 0. The zero-order chi connectivity index (χ0) is 12.4. The summed E-state index contributed by atoms with van der Waals surface area (Å²) >= 11 is 6.15. The third-order valence-electron chi connectivity index (χ3n) is 2.47. The van der Waals surface area contributed by atoms with Crippen LogP contribution in [0.5, 0.6) is 0 Å². The smallest absolute Gasteiger partial charge is 0.137 e. The summed E-state index contributed by atoms with van der Waals surface area (Å²) in [6, 6.07) is 9.45. The number of carbonyl (C=O) groups is 1. The molecule has 2 rings (SSSR count). The lowest BCUT2D eigenvalue weighted by atomic mass is 10.1. The van der Waals surface area contributed by atoms with Gasteiger partial charge < -0.3 is 4.42 Å². The van der Waals surface area contributed by atoms with Crippen molar-refractivity contribution in [3.05, 3.63) is 46.7 Å². The number of furan rings is 1. The quantitative estimate of drug-likeness (QED) is 0.821. The number of benzene rings is 1. The summed E-state index contributed by atoms with van der Waals surface area (Å²) < 4.78 is 5.60. The lowest BCUT2D eigenvalue weighted by Crippen LogP contribution is -1.93. The van der Waals surface area contributed by atoms with Crippen LogP contribution in [0.25, 0.3) is 11.3 Å². The number of hydrogen-bond acceptors (Lipinski definition) is 2. The van der Waals surface area contributed by atoms with Gasteiger partial charge in [-0.15, -0.1) is 0 Å². The molecule has 0 saturated heterocycles. The average molecular weight is 249 g/mol. The largest absolute Gasteiger partial charge is 0.461 e. The zero-order valence-electron chi connectivity index (χ0n) is 9.79. The number of rotatable bonds is 3. The summed E-state index contributed by atoms with van der Waals surface area (Å²) in [5, 5.41) is 0.661. The standard InChI is InChI=1S/C14H13ClO2/c1-9-3-5-12(13(15)7-9)14-6-4-11(17-14)8-10(2)16/h3-7H,8H2,1-2H3. The van der Waals surface area contributed by atoms with Gasteiger partial charge in [0, 0.05) is 5.56 Å². The highest BCUT2D eigenvalue weighted by Crippen LogP contribution is 2.30. The highest BCUT2D eigenvalue weighted by Gasteiger charge is 2.09. The van der Waals surface area contributed by atoms with Gasteiger partial charge in [0.2, 0.25) is 0 Å². The third-order valence-corrected chi connectivity index (χ3v) is 2.79. The number of halogens is 1. The van der Waals surface area contributed by atoms with Crippen LogP contribution in [0.2, 0.25) is 5.02 Å². The van der Waals surface area contributed by atoms with Crippen molar-refractivity contribution >= 4 is 17.4 Å². The Morgan fingerprint density at radius 1 is 1.29 bits per heavy atom. The maximum Gasteiger partial charge on any atom is 0.137 e. The second-order valence-corrected chi connectivity index (χ2v) is 4.54. The van der Waals surface area contributed by atoms with Crippen LogP contribution >= 0.6 is 11.6 Å². The molecule has 0 amide bonds. The molecule has 0 aliphatic carbocycles. The molecule has 0 unspecified atom stereocenters. The molecule has 0 N–H and O–H groups in total. The van der Waals surface area contributed by atoms with Crippen molar-refractivity contribution in [3.8, 4) is 11.3 Å². The first-order valence-electron chi connectivity index (χ1n) is 5.41. The van der Waals surface area contributed by atoms with Gasteiger partial charge in [-0.1, -0.05) is 17.7 Å². The van der Waals surface area contributed by atoms with Crippen molar-refractivity contribution in [2.75, 3.05) is 0 Å². The van der Waals surface area contributed by atoms with E-state index in [0.717, 1.165) is 11.1 Å². The summed E-state index contributed by atoms with van der Waals surface area (Å²) in [4.78, 5) is 11.0. The van der Waals surface area contributed by atoms with E-state index in [1.807, 2.05) is 37.3 Å². The number of carbonyl (C=O) groups excluding carboxylic acids is 1. The van der Waals surface area contributed by atoms with Gasteiger partial charge in [0.15, 0.2) is 0 Å². The Hall–Kier alpha value is -1.54. The average Bonchev–Trinajstić information content (AvgIpc) is 2.65. The molecule has 1 aromatic heterocycles. The Kier molecular flexibility index (Phi) is 3.34. The van der Waals surface area contributed by atoms with Crippen LogP contribution < -0.4 is 0 Å². The predicted molar refractivity (Wildman–Crippen MR) is 68.3 cm³/mol. The van der Waals surface area contributed by atoms with Crippen LogP contribution in [0.15, 0.2) is 34.7 Å². The lowest BCUT2D eigenvalue weighted by molar-refractivity contribution is -0.116. The Labute approximate surface area is 105 Å². The number of ketones is 1. The maximum atomic E-state index is 11.0. The number of hydrogen-bond donors (Lipinski definition) is 0. The van der Waals surface area contributed by atoms with Crippen molar-refractivity contribution in [1.29, 1.82) is 0 Å². The summed E-state index contributed by atoms with van der Waals surface area (Å²) in [5.41, 5.74) is 1.96. The Morgan fingerprint density at radius 3 is 2.71 bits per heavy atom. The second kappa shape index (κ2) is 4.76. The van der Waals surface area contributed by atoms with Crippen molar-refractivity contribution in [3.63, 3.8) is 0 Å². The van der Waals surface area contributed by atoms with E-state index in [2.05, 4.69) is 0 Å². The monoisotopic (exact) mass is 248 g/mol. The first-order chi connectivity index (χ1) is 8.06. The van der Waals surface area contributed by atoms with Crippen LogP contribution in [0.4, 0.5) is 0 Å². The van der Waals surface area contributed by atoms with Gasteiger partial charge in [0.25, 0.3) is 0 Å². The minimum Gasteiger partial charge on any atom is -0.461 e. The molecule has 2 nitrogen and oxygen atoms in total. The highest BCUT2D eigenvalue weighted by molar-refractivity contribution is 6.33. The molecule has 88 valence electrons. The minimum atomic E-state index is 0.0842. The fourth-order valence-electron chi connectivity index (χ4n) is 1.68. The normalized spacial score (nSPS) is 10.5. The third kappa shape index (κ3) is 2.77. The Bertz CT molecular complexity index is 555. The van der Waals surface area contributed by atoms with Gasteiger partial charge in [0.1, 0.15) is 17.3 Å². The minimum absolute atomic E-state index is 0.0842. The first-order valence-corrected chi connectivity index (χ1v) is 5.79. The molecule has 0 radical (unpaired) electrons. The van der Waals surface area contributed by atoms with Crippen LogP contribution in [-0.4, -0.2) is 5.78 Å². The molecule has 2 aromatic rings. The molecule has 3 heteroatoms. The number of Topliss-reactive ketones (excluding diaryl/α,β-unsaturated/α-hetero) is 1. The Balaban J connectivity index is 2.33. The first kappa shape index (κ1) is 11.9. The molecule has 0 aliphatic rings. The fraction of sp³-hybridized carbons (Fsp3) is 0.214. The Morgan fingerprint density at radius 2 is 2.06 bits per heavy atom. The van der Waals surface area contributed by atoms with E-state index in [0.29, 0.717) is 23.0 Å². The molecule has 0 saturated carbocycles. The van der Waals surface area contributed by atoms with Gasteiger partial charge in [-0.3, -0.25) is 4.79 Å². The highest BCUT2D eigenvalue weighted by atomic mass is 35.5. The van der Waals surface area contributed by atoms with E-state index in [1.165, 1.54) is 0 Å². The molecular formula is C14H13ClO2. The van der Waals surface area contributed by atoms with E-state index in [-0.39, 0.29) is 5.78 Å². The van der Waals surface area contributed by atoms with Gasteiger partial charge >= 0.3 is 0 Å². The summed E-state index contributed by atoms with van der Waals surface area (Å²) in [5.74, 6) is 1.45. The van der Waals surface area contributed by atoms with Crippen LogP contribution in [0.1, 0.15) is 18.2 Å². The van der Waals surface area contributed by atoms with E-state index < -0.39 is 0 Å². The summed E-state index contributed by atoms with van der Waals surface area (Å²) in [6.07, 6.45) is 0.323. The van der Waals surface area contributed by atoms with Gasteiger partial charge in [-0.2, -0.15) is 0 Å². The molecular weight excluding hydrogens is 236 g/mol. The molecule has 0 aliphatic heterocycles. The zero-order valence-corrected chi connectivity index (χ0v) is 10.5. The topological polar surface area (TPSA) is 30.2 Å².